The normalized spacial score (nSPS) is 22.0. The van der Waals surface area contributed by atoms with Crippen molar-refractivity contribution in [1.29, 1.82) is 0 Å². The van der Waals surface area contributed by atoms with Crippen LogP contribution >= 0.6 is 0 Å². The van der Waals surface area contributed by atoms with Crippen LogP contribution in [0.5, 0.6) is 0 Å². The molecule has 3 aromatic rings. The molecule has 2 atom stereocenters. The highest BCUT2D eigenvalue weighted by Crippen LogP contribution is 2.35. The van der Waals surface area contributed by atoms with Crippen LogP contribution < -0.4 is 5.56 Å². The fourth-order valence-corrected chi connectivity index (χ4v) is 4.42. The van der Waals surface area contributed by atoms with E-state index in [0.29, 0.717) is 31.2 Å². The molecule has 4 heterocycles. The first-order valence-corrected chi connectivity index (χ1v) is 8.76. The molecule has 0 radical (unpaired) electrons. The van der Waals surface area contributed by atoms with Crippen LogP contribution in [0.1, 0.15) is 28.5 Å². The maximum absolute atomic E-state index is 13.0. The Kier molecular flexibility index (Phi) is 3.10. The highest BCUT2D eigenvalue weighted by molar-refractivity contribution is 5.98. The quantitative estimate of drug-likeness (QED) is 0.744. The Morgan fingerprint density at radius 2 is 1.92 bits per heavy atom. The predicted octanol–water partition coefficient (Wildman–Crippen LogP) is 2.59. The van der Waals surface area contributed by atoms with Gasteiger partial charge in [0.25, 0.3) is 11.5 Å². The Morgan fingerprint density at radius 3 is 2.80 bits per heavy atom. The molecule has 25 heavy (non-hydrogen) atoms. The van der Waals surface area contributed by atoms with Crippen LogP contribution in [0, 0.1) is 5.92 Å². The minimum atomic E-state index is 0.0534. The molecule has 0 unspecified atom stereocenters. The largest absolute Gasteiger partial charge is 0.351 e. The summed E-state index contributed by atoms with van der Waals surface area (Å²) in [7, 11) is 0. The zero-order chi connectivity index (χ0) is 17.0. The first-order chi connectivity index (χ1) is 12.2. The van der Waals surface area contributed by atoms with Crippen molar-refractivity contribution in [2.45, 2.75) is 18.9 Å². The van der Waals surface area contributed by atoms with E-state index in [4.69, 9.17) is 0 Å². The maximum atomic E-state index is 13.0. The number of hydrogen-bond acceptors (Lipinski definition) is 2. The molecule has 0 saturated carbocycles. The standard InChI is InChI=1S/C20H19N3O2/c24-19-7-3-6-18-15-8-13(11-23(18)19)10-22(12-15)20(25)17-9-14-4-1-2-5-16(14)21-17/h1-7,9,13,15,21H,8,10-12H2/t13-,15+/m0/s1. The zero-order valence-corrected chi connectivity index (χ0v) is 13.8. The number of carbonyl (C=O) groups is 1. The highest BCUT2D eigenvalue weighted by Gasteiger charge is 2.36. The van der Waals surface area contributed by atoms with E-state index in [1.807, 2.05) is 51.9 Å². The van der Waals surface area contributed by atoms with Gasteiger partial charge in [0.15, 0.2) is 0 Å². The third kappa shape index (κ3) is 2.30. The average molecular weight is 333 g/mol. The molecular weight excluding hydrogens is 314 g/mol. The third-order valence-corrected chi connectivity index (χ3v) is 5.53. The topological polar surface area (TPSA) is 58.1 Å². The molecule has 5 heteroatoms. The molecule has 2 aliphatic rings. The van der Waals surface area contributed by atoms with Gasteiger partial charge in [0.2, 0.25) is 0 Å². The van der Waals surface area contributed by atoms with E-state index < -0.39 is 0 Å². The molecule has 2 bridgehead atoms. The molecule has 126 valence electrons. The summed E-state index contributed by atoms with van der Waals surface area (Å²) < 4.78 is 1.89. The van der Waals surface area contributed by atoms with Gasteiger partial charge in [0, 0.05) is 48.2 Å². The highest BCUT2D eigenvalue weighted by atomic mass is 16.2. The van der Waals surface area contributed by atoms with Crippen molar-refractivity contribution in [3.8, 4) is 0 Å². The number of benzene rings is 1. The van der Waals surface area contributed by atoms with Gasteiger partial charge in [-0.05, 0) is 30.5 Å². The molecule has 1 N–H and O–H groups in total. The monoisotopic (exact) mass is 333 g/mol. The van der Waals surface area contributed by atoms with Crippen molar-refractivity contribution >= 4 is 16.8 Å². The lowest BCUT2D eigenvalue weighted by Crippen LogP contribution is -2.49. The minimum Gasteiger partial charge on any atom is -0.351 e. The number of aromatic amines is 1. The SMILES string of the molecule is O=C(c1cc2ccccc2[nH]1)N1C[C@@H]2C[C@H](C1)c1cccc(=O)n1C2. The van der Waals surface area contributed by atoms with Crippen molar-refractivity contribution in [3.63, 3.8) is 0 Å². The lowest BCUT2D eigenvalue weighted by atomic mass is 9.83. The van der Waals surface area contributed by atoms with Crippen LogP contribution in [0.15, 0.2) is 53.3 Å². The molecule has 1 amide bonds. The summed E-state index contributed by atoms with van der Waals surface area (Å²) in [5.74, 6) is 0.645. The number of H-pyrrole nitrogens is 1. The summed E-state index contributed by atoms with van der Waals surface area (Å²) >= 11 is 0. The molecular formula is C20H19N3O2. The number of fused-ring (bicyclic) bond motifs is 5. The molecule has 1 fully saturated rings. The van der Waals surface area contributed by atoms with Gasteiger partial charge in [-0.1, -0.05) is 24.3 Å². The van der Waals surface area contributed by atoms with Crippen LogP contribution in [-0.4, -0.2) is 33.4 Å². The van der Waals surface area contributed by atoms with Crippen molar-refractivity contribution in [2.24, 2.45) is 5.92 Å². The number of likely N-dealkylation sites (tertiary alicyclic amines) is 1. The Morgan fingerprint density at radius 1 is 1.04 bits per heavy atom. The molecule has 1 aromatic carbocycles. The average Bonchev–Trinajstić information content (AvgIpc) is 3.06. The Labute approximate surface area is 144 Å². The molecule has 2 aliphatic heterocycles. The van der Waals surface area contributed by atoms with Crippen molar-refractivity contribution in [3.05, 3.63) is 70.3 Å². The maximum Gasteiger partial charge on any atom is 0.270 e. The number of pyridine rings is 1. The van der Waals surface area contributed by atoms with E-state index in [1.54, 1.807) is 6.07 Å². The van der Waals surface area contributed by atoms with E-state index in [1.165, 1.54) is 0 Å². The summed E-state index contributed by atoms with van der Waals surface area (Å²) in [6.07, 6.45) is 1.06. The summed E-state index contributed by atoms with van der Waals surface area (Å²) in [5.41, 5.74) is 2.77. The van der Waals surface area contributed by atoms with Crippen molar-refractivity contribution < 1.29 is 4.79 Å². The number of aromatic nitrogens is 2. The number of nitrogens with zero attached hydrogens (tertiary/aromatic N) is 2. The number of carbonyl (C=O) groups excluding carboxylic acids is 1. The van der Waals surface area contributed by atoms with Crippen LogP contribution in [0.3, 0.4) is 0 Å². The molecule has 1 saturated heterocycles. The van der Waals surface area contributed by atoms with E-state index in [2.05, 4.69) is 4.98 Å². The Hall–Kier alpha value is -2.82. The molecule has 5 nitrogen and oxygen atoms in total. The molecule has 5 rings (SSSR count). The summed E-state index contributed by atoms with van der Waals surface area (Å²) in [5, 5.41) is 1.06. The van der Waals surface area contributed by atoms with Crippen LogP contribution in [0.2, 0.25) is 0 Å². The van der Waals surface area contributed by atoms with Crippen LogP contribution in [-0.2, 0) is 6.54 Å². The number of rotatable bonds is 1. The zero-order valence-electron chi connectivity index (χ0n) is 13.8. The summed E-state index contributed by atoms with van der Waals surface area (Å²) in [4.78, 5) is 30.3. The smallest absolute Gasteiger partial charge is 0.270 e. The molecule has 2 aromatic heterocycles. The number of nitrogens with one attached hydrogen (secondary N) is 1. The van der Waals surface area contributed by atoms with E-state index in [-0.39, 0.29) is 17.4 Å². The number of amides is 1. The van der Waals surface area contributed by atoms with Gasteiger partial charge >= 0.3 is 0 Å². The fourth-order valence-electron chi connectivity index (χ4n) is 4.42. The number of para-hydroxylation sites is 1. The lowest BCUT2D eigenvalue weighted by Gasteiger charge is -2.42. The number of hydrogen-bond donors (Lipinski definition) is 1. The lowest BCUT2D eigenvalue weighted by molar-refractivity contribution is 0.0589. The Bertz CT molecular complexity index is 1000. The van der Waals surface area contributed by atoms with Crippen LogP contribution in [0.25, 0.3) is 10.9 Å². The van der Waals surface area contributed by atoms with Gasteiger partial charge in [0.05, 0.1) is 0 Å². The fraction of sp³-hybridized carbons (Fsp3) is 0.300. The first kappa shape index (κ1) is 14.5. The second kappa shape index (κ2) is 5.34. The predicted molar refractivity (Wildman–Crippen MR) is 95.8 cm³/mol. The first-order valence-electron chi connectivity index (χ1n) is 8.76. The van der Waals surface area contributed by atoms with Gasteiger partial charge in [-0.3, -0.25) is 9.59 Å². The van der Waals surface area contributed by atoms with Gasteiger partial charge in [-0.25, -0.2) is 0 Å². The molecule has 0 spiro atoms. The Balaban J connectivity index is 1.46. The number of piperidine rings is 1. The third-order valence-electron chi connectivity index (χ3n) is 5.53. The van der Waals surface area contributed by atoms with Gasteiger partial charge in [0.1, 0.15) is 5.69 Å². The van der Waals surface area contributed by atoms with E-state index in [0.717, 1.165) is 23.0 Å². The summed E-state index contributed by atoms with van der Waals surface area (Å²) in [6, 6.07) is 15.3. The van der Waals surface area contributed by atoms with Gasteiger partial charge in [-0.15, -0.1) is 0 Å². The second-order valence-corrected chi connectivity index (χ2v) is 7.18. The van der Waals surface area contributed by atoms with Crippen LogP contribution in [0.4, 0.5) is 0 Å². The van der Waals surface area contributed by atoms with Gasteiger partial charge < -0.3 is 14.5 Å². The van der Waals surface area contributed by atoms with E-state index >= 15 is 0 Å². The van der Waals surface area contributed by atoms with Gasteiger partial charge in [-0.2, -0.15) is 0 Å². The van der Waals surface area contributed by atoms with Crippen molar-refractivity contribution in [1.82, 2.24) is 14.5 Å². The van der Waals surface area contributed by atoms with E-state index in [9.17, 15) is 9.59 Å². The second-order valence-electron chi connectivity index (χ2n) is 7.18. The minimum absolute atomic E-state index is 0.0534. The van der Waals surface area contributed by atoms with Crippen molar-refractivity contribution in [2.75, 3.05) is 13.1 Å². The summed E-state index contributed by atoms with van der Waals surface area (Å²) in [6.45, 7) is 2.10. The molecule has 0 aliphatic carbocycles.